The Kier molecular flexibility index (Phi) is 6.11. The van der Waals surface area contributed by atoms with Crippen LogP contribution in [0.5, 0.6) is 0 Å². The van der Waals surface area contributed by atoms with Gasteiger partial charge in [-0.2, -0.15) is 0 Å². The topological polar surface area (TPSA) is 107 Å². The van der Waals surface area contributed by atoms with Crippen molar-refractivity contribution in [3.05, 3.63) is 51.2 Å². The van der Waals surface area contributed by atoms with Crippen LogP contribution in [0.25, 0.3) is 0 Å². The normalized spacial score (nSPS) is 14.8. The van der Waals surface area contributed by atoms with E-state index in [0.29, 0.717) is 16.4 Å². The predicted octanol–water partition coefficient (Wildman–Crippen LogP) is 2.77. The van der Waals surface area contributed by atoms with E-state index >= 15 is 0 Å². The number of benzene rings is 1. The second-order valence-electron chi connectivity index (χ2n) is 6.63. The van der Waals surface area contributed by atoms with Gasteiger partial charge in [-0.05, 0) is 49.2 Å². The van der Waals surface area contributed by atoms with Gasteiger partial charge in [-0.15, -0.1) is 11.3 Å². The molecule has 154 valence electrons. The largest absolute Gasteiger partial charge is 0.456 e. The van der Waals surface area contributed by atoms with Gasteiger partial charge in [0.2, 0.25) is 11.7 Å². The average molecular weight is 456 g/mol. The van der Waals surface area contributed by atoms with Crippen LogP contribution in [0.2, 0.25) is 5.02 Å². The lowest BCUT2D eigenvalue weighted by molar-refractivity contribution is -0.142. The van der Waals surface area contributed by atoms with Gasteiger partial charge in [0.15, 0.2) is 21.2 Å². The number of hydrogen-bond donors (Lipinski definition) is 1. The summed E-state index contributed by atoms with van der Waals surface area (Å²) in [5.74, 6) is -1.54. The van der Waals surface area contributed by atoms with Crippen LogP contribution in [-0.4, -0.2) is 37.4 Å². The van der Waals surface area contributed by atoms with Crippen LogP contribution < -0.4 is 5.32 Å². The first-order valence-electron chi connectivity index (χ1n) is 8.69. The number of ketones is 1. The van der Waals surface area contributed by atoms with E-state index in [2.05, 4.69) is 5.32 Å². The second-order valence-corrected chi connectivity index (χ2v) is 10.5. The molecule has 1 heterocycles. The molecule has 29 heavy (non-hydrogen) atoms. The molecule has 0 radical (unpaired) electrons. The van der Waals surface area contributed by atoms with E-state index in [1.54, 1.807) is 12.1 Å². The fourth-order valence-electron chi connectivity index (χ4n) is 2.70. The molecule has 1 aromatic heterocycles. The van der Waals surface area contributed by atoms with E-state index in [-0.39, 0.29) is 23.6 Å². The summed E-state index contributed by atoms with van der Waals surface area (Å²) in [4.78, 5) is 36.9. The van der Waals surface area contributed by atoms with Crippen molar-refractivity contribution >= 4 is 50.4 Å². The maximum Gasteiger partial charge on any atom is 0.328 e. The zero-order valence-corrected chi connectivity index (χ0v) is 17.8. The third kappa shape index (κ3) is 4.52. The van der Waals surface area contributed by atoms with Crippen molar-refractivity contribution < 1.29 is 27.5 Å². The summed E-state index contributed by atoms with van der Waals surface area (Å²) < 4.78 is 29.1. The van der Waals surface area contributed by atoms with Crippen molar-refractivity contribution in [2.45, 2.75) is 36.0 Å². The Morgan fingerprint density at radius 2 is 1.79 bits per heavy atom. The van der Waals surface area contributed by atoms with Gasteiger partial charge >= 0.3 is 5.97 Å². The summed E-state index contributed by atoms with van der Waals surface area (Å²) in [6.07, 6.45) is 0.287. The molecule has 0 unspecified atom stereocenters. The Morgan fingerprint density at radius 3 is 2.38 bits per heavy atom. The second kappa shape index (κ2) is 8.25. The van der Waals surface area contributed by atoms with Crippen molar-refractivity contribution in [2.24, 2.45) is 0 Å². The quantitative estimate of drug-likeness (QED) is 0.484. The van der Waals surface area contributed by atoms with Crippen molar-refractivity contribution in [2.75, 3.05) is 6.61 Å². The SMILES string of the molecule is CC(=O)NCc1ccc(C(=O)COC(=O)C2(S(=O)(=O)c3ccc(Cl)cc3)CC2)s1. The Hall–Kier alpha value is -2.23. The van der Waals surface area contributed by atoms with Crippen molar-refractivity contribution in [1.82, 2.24) is 5.32 Å². The Bertz CT molecular complexity index is 1050. The molecule has 10 heteroatoms. The zero-order valence-electron chi connectivity index (χ0n) is 15.4. The summed E-state index contributed by atoms with van der Waals surface area (Å²) >= 11 is 6.97. The summed E-state index contributed by atoms with van der Waals surface area (Å²) in [5.41, 5.74) is 0. The van der Waals surface area contributed by atoms with Gasteiger partial charge in [0, 0.05) is 16.8 Å². The molecule has 3 rings (SSSR count). The Morgan fingerprint density at radius 1 is 1.14 bits per heavy atom. The Balaban J connectivity index is 1.63. The van der Waals surface area contributed by atoms with Gasteiger partial charge in [0.25, 0.3) is 0 Å². The molecule has 0 saturated heterocycles. The van der Waals surface area contributed by atoms with Crippen LogP contribution in [0.1, 0.15) is 34.3 Å². The van der Waals surface area contributed by atoms with E-state index in [4.69, 9.17) is 16.3 Å². The lowest BCUT2D eigenvalue weighted by Crippen LogP contribution is -2.35. The van der Waals surface area contributed by atoms with Gasteiger partial charge in [-0.1, -0.05) is 11.6 Å². The highest BCUT2D eigenvalue weighted by Gasteiger charge is 2.62. The van der Waals surface area contributed by atoms with Gasteiger partial charge in [-0.25, -0.2) is 8.42 Å². The minimum Gasteiger partial charge on any atom is -0.456 e. The van der Waals surface area contributed by atoms with Crippen LogP contribution in [0.3, 0.4) is 0 Å². The highest BCUT2D eigenvalue weighted by molar-refractivity contribution is 7.94. The first kappa shape index (κ1) is 21.5. The molecule has 2 aromatic rings. The number of hydrogen-bond acceptors (Lipinski definition) is 7. The van der Waals surface area contributed by atoms with Gasteiger partial charge in [0.05, 0.1) is 16.3 Å². The van der Waals surface area contributed by atoms with E-state index in [0.717, 1.165) is 4.88 Å². The fourth-order valence-corrected chi connectivity index (χ4v) is 5.56. The molecule has 1 N–H and O–H groups in total. The number of amides is 1. The van der Waals surface area contributed by atoms with Gasteiger partial charge < -0.3 is 10.1 Å². The maximum atomic E-state index is 12.9. The van der Waals surface area contributed by atoms with E-state index in [1.165, 1.54) is 42.5 Å². The van der Waals surface area contributed by atoms with Crippen molar-refractivity contribution in [3.63, 3.8) is 0 Å². The van der Waals surface area contributed by atoms with E-state index in [1.807, 2.05) is 0 Å². The summed E-state index contributed by atoms with van der Waals surface area (Å²) in [5, 5.41) is 3.01. The minimum absolute atomic E-state index is 0.0106. The fraction of sp³-hybridized carbons (Fsp3) is 0.316. The molecule has 1 fully saturated rings. The lowest BCUT2D eigenvalue weighted by atomic mass is 10.3. The standard InChI is InChI=1S/C19H18ClNO6S2/c1-12(22)21-10-14-4-7-17(28-14)16(23)11-27-18(24)19(8-9-19)29(25,26)15-5-2-13(20)3-6-15/h2-7H,8-11H2,1H3,(H,21,22). The molecule has 7 nitrogen and oxygen atoms in total. The monoisotopic (exact) mass is 455 g/mol. The number of ether oxygens (including phenoxy) is 1. The molecule has 1 saturated carbocycles. The van der Waals surface area contributed by atoms with Crippen LogP contribution in [0.4, 0.5) is 0 Å². The maximum absolute atomic E-state index is 12.9. The molecule has 1 amide bonds. The molecule has 1 aliphatic carbocycles. The van der Waals surface area contributed by atoms with Crippen LogP contribution in [0.15, 0.2) is 41.3 Å². The van der Waals surface area contributed by atoms with E-state index in [9.17, 15) is 22.8 Å². The smallest absolute Gasteiger partial charge is 0.328 e. The van der Waals surface area contributed by atoms with Gasteiger partial charge in [0.1, 0.15) is 0 Å². The number of Topliss-reactive ketones (excluding diaryl/α,β-unsaturated/α-hetero) is 1. The predicted molar refractivity (Wildman–Crippen MR) is 108 cm³/mol. The molecular weight excluding hydrogens is 438 g/mol. The number of carbonyl (C=O) groups excluding carboxylic acids is 3. The number of halogens is 1. The lowest BCUT2D eigenvalue weighted by Gasteiger charge is -2.15. The van der Waals surface area contributed by atoms with Crippen molar-refractivity contribution in [3.8, 4) is 0 Å². The molecule has 0 spiro atoms. The minimum atomic E-state index is -3.95. The molecule has 1 aromatic carbocycles. The number of esters is 1. The van der Waals surface area contributed by atoms with Gasteiger partial charge in [-0.3, -0.25) is 14.4 Å². The first-order valence-corrected chi connectivity index (χ1v) is 11.4. The molecule has 0 bridgehead atoms. The number of carbonyl (C=O) groups is 3. The van der Waals surface area contributed by atoms with Crippen molar-refractivity contribution in [1.29, 1.82) is 0 Å². The number of sulfone groups is 1. The summed E-state index contributed by atoms with van der Waals surface area (Å²) in [7, 11) is -3.95. The third-order valence-electron chi connectivity index (χ3n) is 4.50. The van der Waals surface area contributed by atoms with Crippen LogP contribution in [-0.2, 0) is 30.7 Å². The molecule has 0 aliphatic heterocycles. The highest BCUT2D eigenvalue weighted by atomic mass is 35.5. The summed E-state index contributed by atoms with van der Waals surface area (Å²) in [6, 6.07) is 8.85. The zero-order chi connectivity index (χ0) is 21.2. The van der Waals surface area contributed by atoms with Crippen LogP contribution >= 0.6 is 22.9 Å². The number of rotatable bonds is 8. The first-order chi connectivity index (χ1) is 13.7. The number of thiophene rings is 1. The van der Waals surface area contributed by atoms with E-state index < -0.39 is 32.9 Å². The molecule has 1 aliphatic rings. The third-order valence-corrected chi connectivity index (χ3v) is 8.37. The molecule has 0 atom stereocenters. The van der Waals surface area contributed by atoms with Crippen LogP contribution in [0, 0.1) is 0 Å². The Labute approximate surface area is 176 Å². The number of nitrogens with one attached hydrogen (secondary N) is 1. The summed E-state index contributed by atoms with van der Waals surface area (Å²) in [6.45, 7) is 1.15. The molecular formula is C19H18ClNO6S2. The average Bonchev–Trinajstić information content (AvgIpc) is 3.37. The highest BCUT2D eigenvalue weighted by Crippen LogP contribution is 2.47.